The van der Waals surface area contributed by atoms with Crippen LogP contribution in [0, 0.1) is 5.92 Å². The van der Waals surface area contributed by atoms with Gasteiger partial charge in [-0.15, -0.1) is 0 Å². The predicted octanol–water partition coefficient (Wildman–Crippen LogP) is 2.49. The zero-order valence-electron chi connectivity index (χ0n) is 14.2. The molecule has 1 saturated heterocycles. The highest BCUT2D eigenvalue weighted by molar-refractivity contribution is 5.53. The average molecular weight is 311 g/mol. The van der Waals surface area contributed by atoms with Crippen LogP contribution in [-0.4, -0.2) is 53.6 Å². The summed E-state index contributed by atoms with van der Waals surface area (Å²) >= 11 is 0. The molecule has 0 saturated carbocycles. The van der Waals surface area contributed by atoms with E-state index in [0.29, 0.717) is 5.92 Å². The Morgan fingerprint density at radius 1 is 1.30 bits per heavy atom. The normalized spacial score (nSPS) is 18.3. The van der Waals surface area contributed by atoms with Crippen LogP contribution in [0.3, 0.4) is 0 Å². The van der Waals surface area contributed by atoms with Gasteiger partial charge >= 0.3 is 0 Å². The molecule has 1 aliphatic rings. The van der Waals surface area contributed by atoms with Gasteiger partial charge in [-0.2, -0.15) is 0 Å². The summed E-state index contributed by atoms with van der Waals surface area (Å²) in [6, 6.07) is 7.95. The Labute approximate surface area is 138 Å². The van der Waals surface area contributed by atoms with Crippen molar-refractivity contribution in [1.29, 1.82) is 0 Å². The molecule has 3 heterocycles. The topological polar surface area (TPSA) is 45.2 Å². The third kappa shape index (κ3) is 3.85. The Kier molecular flexibility index (Phi) is 4.86. The second-order valence-corrected chi connectivity index (χ2v) is 6.41. The van der Waals surface area contributed by atoms with Gasteiger partial charge in [0.15, 0.2) is 5.82 Å². The number of aryl methyl sites for hydroxylation is 1. The summed E-state index contributed by atoms with van der Waals surface area (Å²) < 4.78 is 0. The van der Waals surface area contributed by atoms with Crippen molar-refractivity contribution >= 4 is 5.82 Å². The maximum Gasteiger partial charge on any atom is 0.180 e. The van der Waals surface area contributed by atoms with Gasteiger partial charge in [0.1, 0.15) is 11.5 Å². The van der Waals surface area contributed by atoms with Crippen molar-refractivity contribution in [1.82, 2.24) is 19.9 Å². The Balaban J connectivity index is 1.83. The lowest BCUT2D eigenvalue weighted by molar-refractivity contribution is 0.395. The molecule has 0 aliphatic carbocycles. The number of likely N-dealkylation sites (tertiary alicyclic amines) is 1. The smallest absolute Gasteiger partial charge is 0.180 e. The summed E-state index contributed by atoms with van der Waals surface area (Å²) in [4.78, 5) is 18.4. The largest absolute Gasteiger partial charge is 0.359 e. The highest BCUT2D eigenvalue weighted by Crippen LogP contribution is 2.21. The maximum atomic E-state index is 4.75. The Morgan fingerprint density at radius 2 is 2.17 bits per heavy atom. The zero-order valence-corrected chi connectivity index (χ0v) is 14.2. The summed E-state index contributed by atoms with van der Waals surface area (Å²) in [5.41, 5.74) is 1.89. The molecule has 1 atom stereocenters. The van der Waals surface area contributed by atoms with Gasteiger partial charge in [0.25, 0.3) is 0 Å². The first-order valence-electron chi connectivity index (χ1n) is 8.34. The molecule has 5 nitrogen and oxygen atoms in total. The SMILES string of the molecule is CCc1cc(N(C)CC2CCN(C)C2)nc(-c2ccccn2)n1. The van der Waals surface area contributed by atoms with Gasteiger partial charge in [-0.1, -0.05) is 13.0 Å². The molecule has 23 heavy (non-hydrogen) atoms. The van der Waals surface area contributed by atoms with E-state index < -0.39 is 0 Å². The zero-order chi connectivity index (χ0) is 16.2. The molecular formula is C18H25N5. The Morgan fingerprint density at radius 3 is 2.83 bits per heavy atom. The minimum Gasteiger partial charge on any atom is -0.359 e. The Hall–Kier alpha value is -2.01. The van der Waals surface area contributed by atoms with Crippen molar-refractivity contribution < 1.29 is 0 Å². The van der Waals surface area contributed by atoms with Crippen LogP contribution in [0.5, 0.6) is 0 Å². The summed E-state index contributed by atoms with van der Waals surface area (Å²) in [7, 11) is 4.32. The number of rotatable bonds is 5. The molecule has 1 fully saturated rings. The fraction of sp³-hybridized carbons (Fsp3) is 0.500. The average Bonchev–Trinajstić information content (AvgIpc) is 3.00. The first-order valence-corrected chi connectivity index (χ1v) is 8.34. The van der Waals surface area contributed by atoms with Crippen LogP contribution in [0.15, 0.2) is 30.5 Å². The highest BCUT2D eigenvalue weighted by Gasteiger charge is 2.21. The molecular weight excluding hydrogens is 286 g/mol. The monoisotopic (exact) mass is 311 g/mol. The van der Waals surface area contributed by atoms with Crippen LogP contribution < -0.4 is 4.90 Å². The Bertz CT molecular complexity index is 643. The van der Waals surface area contributed by atoms with Crippen molar-refractivity contribution in [2.75, 3.05) is 38.6 Å². The van der Waals surface area contributed by atoms with Gasteiger partial charge in [-0.05, 0) is 44.5 Å². The molecule has 1 aliphatic heterocycles. The minimum atomic E-state index is 0.711. The van der Waals surface area contributed by atoms with Crippen LogP contribution in [0.2, 0.25) is 0 Å². The van der Waals surface area contributed by atoms with Gasteiger partial charge in [0.05, 0.1) is 0 Å². The number of nitrogens with zero attached hydrogens (tertiary/aromatic N) is 5. The quantitative estimate of drug-likeness (QED) is 0.849. The van der Waals surface area contributed by atoms with Gasteiger partial charge in [-0.25, -0.2) is 9.97 Å². The van der Waals surface area contributed by atoms with E-state index in [0.717, 1.165) is 36.0 Å². The van der Waals surface area contributed by atoms with Crippen molar-refractivity contribution in [3.05, 3.63) is 36.2 Å². The summed E-state index contributed by atoms with van der Waals surface area (Å²) in [6.45, 7) is 5.53. The standard InChI is InChI=1S/C18H25N5/c1-4-15-11-17(23(3)13-14-8-10-22(2)12-14)21-18(20-15)16-7-5-6-9-19-16/h5-7,9,11,14H,4,8,10,12-13H2,1-3H3. The first-order chi connectivity index (χ1) is 11.2. The van der Waals surface area contributed by atoms with E-state index in [1.165, 1.54) is 19.5 Å². The van der Waals surface area contributed by atoms with Gasteiger partial charge in [0.2, 0.25) is 0 Å². The van der Waals surface area contributed by atoms with E-state index in [4.69, 9.17) is 4.98 Å². The minimum absolute atomic E-state index is 0.711. The van der Waals surface area contributed by atoms with Crippen LogP contribution in [0.25, 0.3) is 11.5 Å². The predicted molar refractivity (Wildman–Crippen MR) is 93.5 cm³/mol. The van der Waals surface area contributed by atoms with Crippen molar-refractivity contribution in [2.45, 2.75) is 19.8 Å². The maximum absolute atomic E-state index is 4.75. The number of aromatic nitrogens is 3. The van der Waals surface area contributed by atoms with E-state index in [1.807, 2.05) is 18.2 Å². The van der Waals surface area contributed by atoms with E-state index in [-0.39, 0.29) is 0 Å². The number of hydrogen-bond donors (Lipinski definition) is 0. The molecule has 122 valence electrons. The lowest BCUT2D eigenvalue weighted by atomic mass is 10.1. The molecule has 0 radical (unpaired) electrons. The van der Waals surface area contributed by atoms with E-state index in [9.17, 15) is 0 Å². The second-order valence-electron chi connectivity index (χ2n) is 6.41. The molecule has 1 unspecified atom stereocenters. The molecule has 5 heteroatoms. The van der Waals surface area contributed by atoms with Gasteiger partial charge in [-0.3, -0.25) is 4.98 Å². The molecule has 0 bridgehead atoms. The van der Waals surface area contributed by atoms with Crippen LogP contribution in [0.1, 0.15) is 19.0 Å². The molecule has 0 amide bonds. The molecule has 0 aromatic carbocycles. The van der Waals surface area contributed by atoms with Gasteiger partial charge < -0.3 is 9.80 Å². The fourth-order valence-electron chi connectivity index (χ4n) is 3.13. The number of pyridine rings is 1. The van der Waals surface area contributed by atoms with Crippen molar-refractivity contribution in [2.24, 2.45) is 5.92 Å². The first kappa shape index (κ1) is 15.9. The van der Waals surface area contributed by atoms with Crippen molar-refractivity contribution in [3.8, 4) is 11.5 Å². The second kappa shape index (κ2) is 7.04. The molecule has 0 N–H and O–H groups in total. The van der Waals surface area contributed by atoms with Gasteiger partial charge in [0, 0.05) is 38.1 Å². The van der Waals surface area contributed by atoms with Crippen LogP contribution in [-0.2, 0) is 6.42 Å². The summed E-state index contributed by atoms with van der Waals surface area (Å²) in [6.07, 6.45) is 3.95. The number of anilines is 1. The third-order valence-electron chi connectivity index (χ3n) is 4.43. The van der Waals surface area contributed by atoms with Crippen LogP contribution >= 0.6 is 0 Å². The molecule has 2 aromatic rings. The van der Waals surface area contributed by atoms with E-state index >= 15 is 0 Å². The fourth-order valence-corrected chi connectivity index (χ4v) is 3.13. The lowest BCUT2D eigenvalue weighted by Crippen LogP contribution is -2.28. The highest BCUT2D eigenvalue weighted by atomic mass is 15.2. The van der Waals surface area contributed by atoms with E-state index in [1.54, 1.807) is 6.20 Å². The summed E-state index contributed by atoms with van der Waals surface area (Å²) in [5.74, 6) is 2.42. The third-order valence-corrected chi connectivity index (χ3v) is 4.43. The number of hydrogen-bond acceptors (Lipinski definition) is 5. The van der Waals surface area contributed by atoms with Crippen molar-refractivity contribution in [3.63, 3.8) is 0 Å². The van der Waals surface area contributed by atoms with Crippen LogP contribution in [0.4, 0.5) is 5.82 Å². The lowest BCUT2D eigenvalue weighted by Gasteiger charge is -2.23. The van der Waals surface area contributed by atoms with E-state index in [2.05, 4.69) is 46.9 Å². The molecule has 3 rings (SSSR count). The molecule has 0 spiro atoms. The summed E-state index contributed by atoms with van der Waals surface area (Å²) in [5, 5.41) is 0. The molecule has 2 aromatic heterocycles.